The Labute approximate surface area is 115 Å². The molecular weight excluding hydrogens is 264 g/mol. The Bertz CT molecular complexity index is 610. The van der Waals surface area contributed by atoms with Gasteiger partial charge in [0.2, 0.25) is 0 Å². The van der Waals surface area contributed by atoms with E-state index in [1.54, 1.807) is 14.0 Å². The van der Waals surface area contributed by atoms with Crippen molar-refractivity contribution in [3.8, 4) is 5.75 Å². The zero-order chi connectivity index (χ0) is 14.0. The normalized spacial score (nSPS) is 10.3. The molecule has 1 aromatic carbocycles. The third kappa shape index (κ3) is 2.68. The second-order valence-corrected chi connectivity index (χ2v) is 5.15. The molecule has 0 bridgehead atoms. The topological polar surface area (TPSA) is 62.7 Å². The van der Waals surface area contributed by atoms with E-state index < -0.39 is 5.97 Å². The third-order valence-electron chi connectivity index (χ3n) is 2.72. The van der Waals surface area contributed by atoms with Crippen molar-refractivity contribution in [2.75, 3.05) is 19.1 Å². The fourth-order valence-corrected chi connectivity index (χ4v) is 2.54. The van der Waals surface area contributed by atoms with Gasteiger partial charge in [0.1, 0.15) is 5.75 Å². The molecule has 0 unspecified atom stereocenters. The maximum absolute atomic E-state index is 11.0. The SMILES string of the molecule is COc1cccc(N(C)c2nc(C(=O)O)c(C)s2)c1. The van der Waals surface area contributed by atoms with E-state index in [4.69, 9.17) is 9.84 Å². The van der Waals surface area contributed by atoms with Gasteiger partial charge in [-0.1, -0.05) is 6.07 Å². The summed E-state index contributed by atoms with van der Waals surface area (Å²) in [7, 11) is 3.45. The predicted octanol–water partition coefficient (Wildman–Crippen LogP) is 2.93. The summed E-state index contributed by atoms with van der Waals surface area (Å²) in [5.74, 6) is -0.255. The van der Waals surface area contributed by atoms with E-state index in [0.29, 0.717) is 10.0 Å². The van der Waals surface area contributed by atoms with Crippen molar-refractivity contribution in [2.24, 2.45) is 0 Å². The highest BCUT2D eigenvalue weighted by atomic mass is 32.1. The summed E-state index contributed by atoms with van der Waals surface area (Å²) < 4.78 is 5.17. The quantitative estimate of drug-likeness (QED) is 0.931. The summed E-state index contributed by atoms with van der Waals surface area (Å²) in [5.41, 5.74) is 1.000. The maximum Gasteiger partial charge on any atom is 0.355 e. The van der Waals surface area contributed by atoms with Crippen molar-refractivity contribution in [3.05, 3.63) is 34.8 Å². The Morgan fingerprint density at radius 1 is 1.47 bits per heavy atom. The molecular formula is C13H14N2O3S. The smallest absolute Gasteiger partial charge is 0.355 e. The van der Waals surface area contributed by atoms with Crippen LogP contribution >= 0.6 is 11.3 Å². The highest BCUT2D eigenvalue weighted by molar-refractivity contribution is 7.15. The molecule has 100 valence electrons. The van der Waals surface area contributed by atoms with Crippen LogP contribution in [0.1, 0.15) is 15.4 Å². The molecule has 0 aliphatic carbocycles. The molecule has 0 saturated carbocycles. The zero-order valence-electron chi connectivity index (χ0n) is 10.9. The maximum atomic E-state index is 11.0. The van der Waals surface area contributed by atoms with Crippen LogP contribution in [-0.2, 0) is 0 Å². The molecule has 0 saturated heterocycles. The van der Waals surface area contributed by atoms with Crippen LogP contribution in [-0.4, -0.2) is 30.2 Å². The number of rotatable bonds is 4. The molecule has 2 aromatic rings. The van der Waals surface area contributed by atoms with Crippen molar-refractivity contribution in [3.63, 3.8) is 0 Å². The molecule has 1 N–H and O–H groups in total. The highest BCUT2D eigenvalue weighted by Gasteiger charge is 2.17. The lowest BCUT2D eigenvalue weighted by atomic mass is 10.3. The van der Waals surface area contributed by atoms with Crippen molar-refractivity contribution in [1.29, 1.82) is 0 Å². The van der Waals surface area contributed by atoms with E-state index in [0.717, 1.165) is 11.4 Å². The highest BCUT2D eigenvalue weighted by Crippen LogP contribution is 2.31. The number of methoxy groups -OCH3 is 1. The van der Waals surface area contributed by atoms with Crippen molar-refractivity contribution >= 4 is 28.1 Å². The summed E-state index contributed by atoms with van der Waals surface area (Å²) in [6, 6.07) is 7.52. The Morgan fingerprint density at radius 3 is 2.79 bits per heavy atom. The van der Waals surface area contributed by atoms with Gasteiger partial charge in [-0.25, -0.2) is 9.78 Å². The minimum absolute atomic E-state index is 0.106. The number of carboxylic acid groups (broad SMARTS) is 1. The van der Waals surface area contributed by atoms with E-state index in [1.165, 1.54) is 11.3 Å². The largest absolute Gasteiger partial charge is 0.497 e. The van der Waals surface area contributed by atoms with E-state index >= 15 is 0 Å². The van der Waals surface area contributed by atoms with E-state index in [2.05, 4.69) is 4.98 Å². The number of nitrogens with zero attached hydrogens (tertiary/aromatic N) is 2. The number of thiazole rings is 1. The summed E-state index contributed by atoms with van der Waals surface area (Å²) in [6.45, 7) is 1.75. The number of aromatic nitrogens is 1. The van der Waals surface area contributed by atoms with Crippen molar-refractivity contribution in [1.82, 2.24) is 4.98 Å². The molecule has 0 amide bonds. The van der Waals surface area contributed by atoms with Crippen LogP contribution in [0.15, 0.2) is 24.3 Å². The van der Waals surface area contributed by atoms with Gasteiger partial charge in [-0.2, -0.15) is 0 Å². The second kappa shape index (κ2) is 5.27. The van der Waals surface area contributed by atoms with Crippen LogP contribution in [0.5, 0.6) is 5.75 Å². The van der Waals surface area contributed by atoms with Crippen LogP contribution in [0, 0.1) is 6.92 Å². The summed E-state index contributed by atoms with van der Waals surface area (Å²) in [4.78, 5) is 17.7. The van der Waals surface area contributed by atoms with Crippen LogP contribution < -0.4 is 9.64 Å². The van der Waals surface area contributed by atoms with Gasteiger partial charge in [0.25, 0.3) is 0 Å². The van der Waals surface area contributed by atoms with Crippen LogP contribution in [0.2, 0.25) is 0 Å². The van der Waals surface area contributed by atoms with E-state index in [9.17, 15) is 4.79 Å². The zero-order valence-corrected chi connectivity index (χ0v) is 11.7. The van der Waals surface area contributed by atoms with Crippen LogP contribution in [0.4, 0.5) is 10.8 Å². The summed E-state index contributed by atoms with van der Waals surface area (Å²) >= 11 is 1.35. The molecule has 6 heteroatoms. The lowest BCUT2D eigenvalue weighted by Gasteiger charge is -2.16. The van der Waals surface area contributed by atoms with Gasteiger partial charge in [0.05, 0.1) is 7.11 Å². The van der Waals surface area contributed by atoms with Gasteiger partial charge < -0.3 is 14.7 Å². The number of aryl methyl sites for hydroxylation is 1. The molecule has 0 aliphatic heterocycles. The lowest BCUT2D eigenvalue weighted by Crippen LogP contribution is -2.09. The first kappa shape index (κ1) is 13.4. The number of carbonyl (C=O) groups is 1. The minimum atomic E-state index is -1.00. The number of hydrogen-bond acceptors (Lipinski definition) is 5. The molecule has 1 heterocycles. The van der Waals surface area contributed by atoms with Gasteiger partial charge in [-0.3, -0.25) is 0 Å². The van der Waals surface area contributed by atoms with Crippen LogP contribution in [0.25, 0.3) is 0 Å². The number of benzene rings is 1. The molecule has 5 nitrogen and oxygen atoms in total. The van der Waals surface area contributed by atoms with Gasteiger partial charge in [0, 0.05) is 23.7 Å². The molecule has 0 radical (unpaired) electrons. The minimum Gasteiger partial charge on any atom is -0.497 e. The Kier molecular flexibility index (Phi) is 3.71. The fourth-order valence-electron chi connectivity index (χ4n) is 1.65. The summed E-state index contributed by atoms with van der Waals surface area (Å²) in [5, 5.41) is 9.66. The second-order valence-electron chi connectivity index (χ2n) is 3.97. The molecule has 0 aliphatic rings. The molecule has 0 atom stereocenters. The molecule has 1 aromatic heterocycles. The molecule has 19 heavy (non-hydrogen) atoms. The number of anilines is 2. The van der Waals surface area contributed by atoms with Crippen molar-refractivity contribution < 1.29 is 14.6 Å². The predicted molar refractivity (Wildman–Crippen MR) is 74.9 cm³/mol. The standard InChI is InChI=1S/C13H14N2O3S/c1-8-11(12(16)17)14-13(19-8)15(2)9-5-4-6-10(7-9)18-3/h4-7H,1-3H3,(H,16,17). The van der Waals surface area contributed by atoms with Crippen molar-refractivity contribution in [2.45, 2.75) is 6.92 Å². The van der Waals surface area contributed by atoms with Gasteiger partial charge in [-0.15, -0.1) is 11.3 Å². The number of hydrogen-bond donors (Lipinski definition) is 1. The third-order valence-corrected chi connectivity index (χ3v) is 3.76. The van der Waals surface area contributed by atoms with Gasteiger partial charge in [0.15, 0.2) is 10.8 Å². The first-order chi connectivity index (χ1) is 9.02. The average Bonchev–Trinajstić information content (AvgIpc) is 2.80. The lowest BCUT2D eigenvalue weighted by molar-refractivity contribution is 0.0690. The number of aromatic carboxylic acids is 1. The van der Waals surface area contributed by atoms with Gasteiger partial charge in [-0.05, 0) is 19.1 Å². The Hall–Kier alpha value is -2.08. The monoisotopic (exact) mass is 278 g/mol. The first-order valence-electron chi connectivity index (χ1n) is 5.61. The molecule has 0 fully saturated rings. The van der Waals surface area contributed by atoms with Crippen LogP contribution in [0.3, 0.4) is 0 Å². The molecule has 2 rings (SSSR count). The first-order valence-corrected chi connectivity index (χ1v) is 6.43. The average molecular weight is 278 g/mol. The molecule has 0 spiro atoms. The number of ether oxygens (including phenoxy) is 1. The fraction of sp³-hybridized carbons (Fsp3) is 0.231. The van der Waals surface area contributed by atoms with E-state index in [-0.39, 0.29) is 5.69 Å². The van der Waals surface area contributed by atoms with Gasteiger partial charge >= 0.3 is 5.97 Å². The number of carboxylic acids is 1. The summed E-state index contributed by atoms with van der Waals surface area (Å²) in [6.07, 6.45) is 0. The van der Waals surface area contributed by atoms with E-state index in [1.807, 2.05) is 36.2 Å². The Balaban J connectivity index is 2.35. The Morgan fingerprint density at radius 2 is 2.21 bits per heavy atom.